The molecule has 1 fully saturated rings. The first-order chi connectivity index (χ1) is 14.7. The zero-order valence-corrected chi connectivity index (χ0v) is 17.1. The molecule has 0 aromatic heterocycles. The molecule has 0 saturated carbocycles. The zero-order chi connectivity index (χ0) is 20.9. The predicted molar refractivity (Wildman–Crippen MR) is 119 cm³/mol. The number of piperidine rings is 1. The number of aliphatic hydroxyl groups is 1. The summed E-state index contributed by atoms with van der Waals surface area (Å²) in [6, 6.07) is 22.4. The van der Waals surface area contributed by atoms with Gasteiger partial charge in [0.2, 0.25) is 0 Å². The van der Waals surface area contributed by atoms with Crippen molar-refractivity contribution in [3.8, 4) is 17.2 Å². The molecule has 1 aliphatic rings. The maximum atomic E-state index is 13.5. The number of nitrogens with zero attached hydrogens (tertiary/aromatic N) is 2. The van der Waals surface area contributed by atoms with E-state index in [0.717, 1.165) is 58.8 Å². The second kappa shape index (κ2) is 9.11. The largest absolute Gasteiger partial charge is 0.396 e. The van der Waals surface area contributed by atoms with Crippen molar-refractivity contribution in [2.45, 2.75) is 38.1 Å². The number of aliphatic hydroxyl groups excluding tert-OH is 1. The molecule has 3 aromatic rings. The quantitative estimate of drug-likeness (QED) is 0.661. The lowest BCUT2D eigenvalue weighted by Crippen LogP contribution is -2.44. The molecule has 0 bridgehead atoms. The van der Waals surface area contributed by atoms with E-state index in [4.69, 9.17) is 5.26 Å². The van der Waals surface area contributed by atoms with Gasteiger partial charge < -0.3 is 10.0 Å². The average molecular weight is 399 g/mol. The van der Waals surface area contributed by atoms with E-state index < -0.39 is 0 Å². The molecule has 1 heterocycles. The normalized spacial score (nSPS) is 16.4. The van der Waals surface area contributed by atoms with Gasteiger partial charge in [-0.1, -0.05) is 54.6 Å². The topological polar surface area (TPSA) is 64.3 Å². The first-order valence-corrected chi connectivity index (χ1v) is 10.6. The van der Waals surface area contributed by atoms with Crippen LogP contribution in [0, 0.1) is 11.3 Å². The Balaban J connectivity index is 1.73. The van der Waals surface area contributed by atoms with Gasteiger partial charge in [0.05, 0.1) is 12.5 Å². The van der Waals surface area contributed by atoms with Gasteiger partial charge in [-0.05, 0) is 59.2 Å². The number of fused-ring (bicyclic) bond motifs is 1. The van der Waals surface area contributed by atoms with Crippen molar-refractivity contribution >= 4 is 16.7 Å². The number of amides is 1. The van der Waals surface area contributed by atoms with Crippen molar-refractivity contribution in [1.82, 2.24) is 4.90 Å². The molecule has 30 heavy (non-hydrogen) atoms. The fourth-order valence-electron chi connectivity index (χ4n) is 4.51. The van der Waals surface area contributed by atoms with Gasteiger partial charge in [-0.3, -0.25) is 4.79 Å². The Morgan fingerprint density at radius 1 is 1.03 bits per heavy atom. The highest BCUT2D eigenvalue weighted by Gasteiger charge is 2.28. The summed E-state index contributed by atoms with van der Waals surface area (Å²) in [4.78, 5) is 15.4. The highest BCUT2D eigenvalue weighted by molar-refractivity contribution is 6.10. The van der Waals surface area contributed by atoms with Crippen LogP contribution >= 0.6 is 0 Å². The molecule has 0 aliphatic carbocycles. The van der Waals surface area contributed by atoms with Crippen LogP contribution in [0.3, 0.4) is 0 Å². The first kappa shape index (κ1) is 20.1. The van der Waals surface area contributed by atoms with E-state index in [2.05, 4.69) is 18.2 Å². The summed E-state index contributed by atoms with van der Waals surface area (Å²) in [6.45, 7) is 0.857. The lowest BCUT2D eigenvalue weighted by atomic mass is 9.93. The van der Waals surface area contributed by atoms with Crippen LogP contribution in [-0.4, -0.2) is 35.1 Å². The van der Waals surface area contributed by atoms with E-state index in [1.54, 1.807) is 0 Å². The molecule has 152 valence electrons. The van der Waals surface area contributed by atoms with Gasteiger partial charge in [0.15, 0.2) is 0 Å². The van der Waals surface area contributed by atoms with Crippen LogP contribution in [-0.2, 0) is 6.42 Å². The van der Waals surface area contributed by atoms with Crippen LogP contribution in [0.2, 0.25) is 0 Å². The van der Waals surface area contributed by atoms with Crippen molar-refractivity contribution in [2.75, 3.05) is 13.2 Å². The Bertz CT molecular complexity index is 1080. The van der Waals surface area contributed by atoms with E-state index in [1.807, 2.05) is 53.4 Å². The van der Waals surface area contributed by atoms with Gasteiger partial charge in [0.1, 0.15) is 0 Å². The summed E-state index contributed by atoms with van der Waals surface area (Å²) in [7, 11) is 0. The fourth-order valence-corrected chi connectivity index (χ4v) is 4.51. The van der Waals surface area contributed by atoms with E-state index >= 15 is 0 Å². The summed E-state index contributed by atoms with van der Waals surface area (Å²) < 4.78 is 0. The summed E-state index contributed by atoms with van der Waals surface area (Å²) in [5, 5.41) is 20.3. The number of nitriles is 1. The second-order valence-corrected chi connectivity index (χ2v) is 7.90. The minimum atomic E-state index is 0.0558. The van der Waals surface area contributed by atoms with Crippen LogP contribution in [0.15, 0.2) is 60.7 Å². The van der Waals surface area contributed by atoms with Gasteiger partial charge in [-0.2, -0.15) is 5.26 Å². The number of rotatable bonds is 5. The van der Waals surface area contributed by atoms with Gasteiger partial charge in [-0.15, -0.1) is 0 Å². The van der Waals surface area contributed by atoms with Crippen molar-refractivity contribution in [1.29, 1.82) is 5.26 Å². The van der Waals surface area contributed by atoms with E-state index in [-0.39, 0.29) is 18.6 Å². The Hall–Kier alpha value is -3.16. The number of carbonyl (C=O) groups excluding carboxylic acids is 1. The van der Waals surface area contributed by atoms with E-state index in [0.29, 0.717) is 12.8 Å². The summed E-state index contributed by atoms with van der Waals surface area (Å²) in [5.41, 5.74) is 3.87. The lowest BCUT2D eigenvalue weighted by molar-refractivity contribution is 0.0576. The lowest BCUT2D eigenvalue weighted by Gasteiger charge is -2.36. The molecule has 1 aliphatic heterocycles. The summed E-state index contributed by atoms with van der Waals surface area (Å²) >= 11 is 0. The third-order valence-corrected chi connectivity index (χ3v) is 6.05. The van der Waals surface area contributed by atoms with Gasteiger partial charge in [0.25, 0.3) is 5.91 Å². The second-order valence-electron chi connectivity index (χ2n) is 7.90. The standard InChI is InChI=1S/C26H26N2O2/c27-16-14-19-10-12-20(13-11-19)22-6-3-8-24-23(22)7-4-9-25(24)26(30)28-17-2-1-5-21(28)15-18-29/h3-4,6-13,21,29H,1-2,5,14-15,17-18H2. The molecule has 0 spiro atoms. The molecule has 1 atom stereocenters. The predicted octanol–water partition coefficient (Wildman–Crippen LogP) is 4.95. The maximum absolute atomic E-state index is 13.5. The fraction of sp³-hybridized carbons (Fsp3) is 0.308. The maximum Gasteiger partial charge on any atom is 0.254 e. The Morgan fingerprint density at radius 3 is 2.57 bits per heavy atom. The number of carbonyl (C=O) groups is 1. The summed E-state index contributed by atoms with van der Waals surface area (Å²) in [6.07, 6.45) is 4.11. The molecule has 1 saturated heterocycles. The highest BCUT2D eigenvalue weighted by Crippen LogP contribution is 2.32. The zero-order valence-electron chi connectivity index (χ0n) is 17.1. The van der Waals surface area contributed by atoms with Crippen molar-refractivity contribution < 1.29 is 9.90 Å². The van der Waals surface area contributed by atoms with Gasteiger partial charge >= 0.3 is 0 Å². The van der Waals surface area contributed by atoms with Crippen molar-refractivity contribution in [2.24, 2.45) is 0 Å². The average Bonchev–Trinajstić information content (AvgIpc) is 2.79. The van der Waals surface area contributed by atoms with Gasteiger partial charge in [0, 0.05) is 24.8 Å². The minimum absolute atomic E-state index is 0.0558. The van der Waals surface area contributed by atoms with E-state index in [9.17, 15) is 9.90 Å². The molecular formula is C26H26N2O2. The number of hydrogen-bond donors (Lipinski definition) is 1. The molecule has 0 radical (unpaired) electrons. The van der Waals surface area contributed by atoms with Crippen LogP contribution in [0.1, 0.15) is 41.6 Å². The molecule has 3 aromatic carbocycles. The monoisotopic (exact) mass is 398 g/mol. The Morgan fingerprint density at radius 2 is 1.80 bits per heavy atom. The molecule has 1 unspecified atom stereocenters. The number of benzene rings is 3. The van der Waals surface area contributed by atoms with Crippen LogP contribution in [0.4, 0.5) is 0 Å². The van der Waals surface area contributed by atoms with Crippen LogP contribution in [0.5, 0.6) is 0 Å². The summed E-state index contributed by atoms with van der Waals surface area (Å²) in [5.74, 6) is 0.0558. The SMILES string of the molecule is N#CCc1ccc(-c2cccc3c(C(=O)N4CCCCC4CCO)cccc23)cc1. The van der Waals surface area contributed by atoms with Crippen LogP contribution in [0.25, 0.3) is 21.9 Å². The molecule has 4 heteroatoms. The smallest absolute Gasteiger partial charge is 0.254 e. The number of likely N-dealkylation sites (tertiary alicyclic amines) is 1. The Kier molecular flexibility index (Phi) is 6.11. The molecule has 1 amide bonds. The van der Waals surface area contributed by atoms with Crippen molar-refractivity contribution in [3.63, 3.8) is 0 Å². The molecular weight excluding hydrogens is 372 g/mol. The highest BCUT2D eigenvalue weighted by atomic mass is 16.3. The number of hydrogen-bond acceptors (Lipinski definition) is 3. The van der Waals surface area contributed by atoms with Crippen molar-refractivity contribution in [3.05, 3.63) is 71.8 Å². The van der Waals surface area contributed by atoms with E-state index in [1.165, 1.54) is 0 Å². The third kappa shape index (κ3) is 3.94. The van der Waals surface area contributed by atoms with Crippen LogP contribution < -0.4 is 0 Å². The molecule has 4 rings (SSSR count). The Labute approximate surface area is 177 Å². The van der Waals surface area contributed by atoms with Gasteiger partial charge in [-0.25, -0.2) is 0 Å². The molecule has 4 nitrogen and oxygen atoms in total. The minimum Gasteiger partial charge on any atom is -0.396 e. The molecule has 1 N–H and O–H groups in total. The first-order valence-electron chi connectivity index (χ1n) is 10.6. The third-order valence-electron chi connectivity index (χ3n) is 6.05.